The molecule has 146 valence electrons. The fourth-order valence-electron chi connectivity index (χ4n) is 3.20. The van der Waals surface area contributed by atoms with Gasteiger partial charge in [0, 0.05) is 18.2 Å². The van der Waals surface area contributed by atoms with Gasteiger partial charge in [-0.15, -0.1) is 5.10 Å². The van der Waals surface area contributed by atoms with Gasteiger partial charge in [-0.2, -0.15) is 0 Å². The molecule has 1 aliphatic rings. The van der Waals surface area contributed by atoms with Crippen molar-refractivity contribution in [3.8, 4) is 0 Å². The van der Waals surface area contributed by atoms with Crippen LogP contribution in [-0.4, -0.2) is 45.2 Å². The van der Waals surface area contributed by atoms with Crippen molar-refractivity contribution in [2.75, 3.05) is 6.54 Å². The SMILES string of the molecule is CC(C)(C)OC(=O)NCCn1nnc2cc(C(=O)NC3CCCC3)ccc21. The summed E-state index contributed by atoms with van der Waals surface area (Å²) < 4.78 is 6.90. The molecule has 1 heterocycles. The zero-order chi connectivity index (χ0) is 19.4. The fraction of sp³-hybridized carbons (Fsp3) is 0.579. The summed E-state index contributed by atoms with van der Waals surface area (Å²) in [5.74, 6) is -0.0649. The second kappa shape index (κ2) is 7.94. The van der Waals surface area contributed by atoms with Crippen molar-refractivity contribution >= 4 is 23.0 Å². The van der Waals surface area contributed by atoms with E-state index in [9.17, 15) is 9.59 Å². The maximum atomic E-state index is 12.4. The maximum absolute atomic E-state index is 12.4. The zero-order valence-electron chi connectivity index (χ0n) is 16.1. The van der Waals surface area contributed by atoms with Gasteiger partial charge in [-0.25, -0.2) is 9.48 Å². The fourth-order valence-corrected chi connectivity index (χ4v) is 3.20. The Bertz CT molecular complexity index is 818. The summed E-state index contributed by atoms with van der Waals surface area (Å²) in [6.07, 6.45) is 3.99. The van der Waals surface area contributed by atoms with E-state index in [0.717, 1.165) is 18.4 Å². The topological polar surface area (TPSA) is 98.1 Å². The molecular formula is C19H27N5O3. The number of amides is 2. The van der Waals surface area contributed by atoms with E-state index in [4.69, 9.17) is 4.74 Å². The van der Waals surface area contributed by atoms with Crippen molar-refractivity contribution in [1.29, 1.82) is 0 Å². The molecule has 1 aliphatic carbocycles. The van der Waals surface area contributed by atoms with E-state index in [1.807, 2.05) is 26.8 Å². The van der Waals surface area contributed by atoms with Crippen LogP contribution < -0.4 is 10.6 Å². The van der Waals surface area contributed by atoms with Gasteiger partial charge in [0.25, 0.3) is 5.91 Å². The quantitative estimate of drug-likeness (QED) is 0.839. The van der Waals surface area contributed by atoms with Crippen LogP contribution in [0.4, 0.5) is 4.79 Å². The smallest absolute Gasteiger partial charge is 0.407 e. The van der Waals surface area contributed by atoms with Crippen LogP contribution in [0, 0.1) is 0 Å². The summed E-state index contributed by atoms with van der Waals surface area (Å²) in [6.45, 7) is 6.29. The molecule has 1 aromatic heterocycles. The molecule has 1 fully saturated rings. The molecule has 8 nitrogen and oxygen atoms in total. The molecule has 0 atom stereocenters. The Labute approximate surface area is 158 Å². The predicted molar refractivity (Wildman–Crippen MR) is 101 cm³/mol. The molecule has 0 spiro atoms. The van der Waals surface area contributed by atoms with E-state index in [0.29, 0.717) is 24.2 Å². The Kier molecular flexibility index (Phi) is 5.62. The monoisotopic (exact) mass is 373 g/mol. The van der Waals surface area contributed by atoms with E-state index >= 15 is 0 Å². The van der Waals surface area contributed by atoms with Crippen molar-refractivity contribution in [3.05, 3.63) is 23.8 Å². The van der Waals surface area contributed by atoms with Gasteiger partial charge in [0.1, 0.15) is 11.1 Å². The highest BCUT2D eigenvalue weighted by molar-refractivity contribution is 5.97. The molecule has 27 heavy (non-hydrogen) atoms. The summed E-state index contributed by atoms with van der Waals surface area (Å²) in [5.41, 5.74) is 1.54. The van der Waals surface area contributed by atoms with Crippen molar-refractivity contribution in [1.82, 2.24) is 25.6 Å². The van der Waals surface area contributed by atoms with E-state index < -0.39 is 11.7 Å². The summed E-state index contributed by atoms with van der Waals surface area (Å²) in [6, 6.07) is 5.66. The van der Waals surface area contributed by atoms with Crippen molar-refractivity contribution in [2.45, 2.75) is 64.6 Å². The molecular weight excluding hydrogens is 346 g/mol. The van der Waals surface area contributed by atoms with Crippen LogP contribution in [0.2, 0.25) is 0 Å². The largest absolute Gasteiger partial charge is 0.444 e. The first-order chi connectivity index (χ1) is 12.8. The number of nitrogens with zero attached hydrogens (tertiary/aromatic N) is 3. The molecule has 2 N–H and O–H groups in total. The molecule has 1 aromatic carbocycles. The maximum Gasteiger partial charge on any atom is 0.407 e. The van der Waals surface area contributed by atoms with Gasteiger partial charge < -0.3 is 15.4 Å². The number of carbonyl (C=O) groups is 2. The van der Waals surface area contributed by atoms with E-state index in [-0.39, 0.29) is 11.9 Å². The van der Waals surface area contributed by atoms with Gasteiger partial charge in [-0.3, -0.25) is 4.79 Å². The Morgan fingerprint density at radius 2 is 2.00 bits per heavy atom. The number of hydrogen-bond donors (Lipinski definition) is 2. The zero-order valence-corrected chi connectivity index (χ0v) is 16.1. The molecule has 0 bridgehead atoms. The first kappa shape index (κ1) is 19.1. The average Bonchev–Trinajstić information content (AvgIpc) is 3.22. The van der Waals surface area contributed by atoms with Gasteiger partial charge in [-0.05, 0) is 51.8 Å². The van der Waals surface area contributed by atoms with E-state index in [1.54, 1.807) is 16.8 Å². The van der Waals surface area contributed by atoms with Crippen LogP contribution in [0.3, 0.4) is 0 Å². The third-order valence-corrected chi connectivity index (χ3v) is 4.46. The predicted octanol–water partition coefficient (Wildman–Crippen LogP) is 2.63. The first-order valence-corrected chi connectivity index (χ1v) is 9.43. The number of aromatic nitrogens is 3. The number of benzene rings is 1. The highest BCUT2D eigenvalue weighted by Crippen LogP contribution is 2.19. The molecule has 0 radical (unpaired) electrons. The lowest BCUT2D eigenvalue weighted by Crippen LogP contribution is -2.34. The molecule has 2 aromatic rings. The van der Waals surface area contributed by atoms with Crippen molar-refractivity contribution in [3.63, 3.8) is 0 Å². The van der Waals surface area contributed by atoms with Crippen LogP contribution in [0.1, 0.15) is 56.8 Å². The number of nitrogens with one attached hydrogen (secondary N) is 2. The molecule has 0 unspecified atom stereocenters. The lowest BCUT2D eigenvalue weighted by Gasteiger charge is -2.19. The number of hydrogen-bond acceptors (Lipinski definition) is 5. The second-order valence-electron chi connectivity index (χ2n) is 7.90. The molecule has 0 aliphatic heterocycles. The molecule has 3 rings (SSSR count). The number of rotatable bonds is 5. The lowest BCUT2D eigenvalue weighted by molar-refractivity contribution is 0.0525. The third-order valence-electron chi connectivity index (χ3n) is 4.46. The van der Waals surface area contributed by atoms with E-state index in [2.05, 4.69) is 20.9 Å². The Hall–Kier alpha value is -2.64. The Morgan fingerprint density at radius 1 is 1.26 bits per heavy atom. The summed E-state index contributed by atoms with van der Waals surface area (Å²) >= 11 is 0. The summed E-state index contributed by atoms with van der Waals surface area (Å²) in [7, 11) is 0. The number of fused-ring (bicyclic) bond motifs is 1. The van der Waals surface area contributed by atoms with Gasteiger partial charge in [0.2, 0.25) is 0 Å². The highest BCUT2D eigenvalue weighted by atomic mass is 16.6. The highest BCUT2D eigenvalue weighted by Gasteiger charge is 2.19. The van der Waals surface area contributed by atoms with Crippen LogP contribution in [0.15, 0.2) is 18.2 Å². The minimum Gasteiger partial charge on any atom is -0.444 e. The minimum atomic E-state index is -0.528. The van der Waals surface area contributed by atoms with E-state index in [1.165, 1.54) is 12.8 Å². The van der Waals surface area contributed by atoms with Gasteiger partial charge >= 0.3 is 6.09 Å². The van der Waals surface area contributed by atoms with Crippen LogP contribution >= 0.6 is 0 Å². The van der Waals surface area contributed by atoms with Crippen LogP contribution in [0.25, 0.3) is 11.0 Å². The number of alkyl carbamates (subject to hydrolysis) is 1. The Balaban J connectivity index is 1.58. The average molecular weight is 373 g/mol. The Morgan fingerprint density at radius 3 is 2.70 bits per heavy atom. The number of ether oxygens (including phenoxy) is 1. The lowest BCUT2D eigenvalue weighted by atomic mass is 10.1. The van der Waals surface area contributed by atoms with Crippen LogP contribution in [-0.2, 0) is 11.3 Å². The normalized spacial score (nSPS) is 15.1. The molecule has 1 saturated carbocycles. The van der Waals surface area contributed by atoms with Crippen molar-refractivity contribution < 1.29 is 14.3 Å². The minimum absolute atomic E-state index is 0.0649. The molecule has 8 heteroatoms. The van der Waals surface area contributed by atoms with Gasteiger partial charge in [0.15, 0.2) is 0 Å². The molecule has 0 saturated heterocycles. The van der Waals surface area contributed by atoms with Crippen LogP contribution in [0.5, 0.6) is 0 Å². The van der Waals surface area contributed by atoms with Gasteiger partial charge in [-0.1, -0.05) is 18.1 Å². The molecule has 2 amide bonds. The first-order valence-electron chi connectivity index (χ1n) is 9.43. The van der Waals surface area contributed by atoms with Crippen molar-refractivity contribution in [2.24, 2.45) is 0 Å². The summed E-state index contributed by atoms with van der Waals surface area (Å²) in [5, 5.41) is 14.0. The number of carbonyl (C=O) groups excluding carboxylic acids is 2. The second-order valence-corrected chi connectivity index (χ2v) is 7.90. The third kappa shape index (κ3) is 5.18. The summed E-state index contributed by atoms with van der Waals surface area (Å²) in [4.78, 5) is 24.1. The standard InChI is InChI=1S/C19H27N5O3/c1-19(2,3)27-18(26)20-10-11-24-16-9-8-13(12-15(16)22-23-24)17(25)21-14-6-4-5-7-14/h8-9,12,14H,4-7,10-11H2,1-3H3,(H,20,26)(H,21,25). The van der Waals surface area contributed by atoms with Gasteiger partial charge in [0.05, 0.1) is 12.1 Å².